The van der Waals surface area contributed by atoms with Gasteiger partial charge in [0.1, 0.15) is 12.3 Å². The molecule has 0 bridgehead atoms. The summed E-state index contributed by atoms with van der Waals surface area (Å²) in [5.74, 6) is -2.28. The summed E-state index contributed by atoms with van der Waals surface area (Å²) < 4.78 is 20.0. The van der Waals surface area contributed by atoms with E-state index in [1.54, 1.807) is 49.4 Å². The Labute approximate surface area is 235 Å². The van der Waals surface area contributed by atoms with Gasteiger partial charge in [0.25, 0.3) is 17.0 Å². The Morgan fingerprint density at radius 1 is 1.15 bits per heavy atom. The number of hydrogen-bond acceptors (Lipinski definition) is 7. The molecule has 0 atom stereocenters. The van der Waals surface area contributed by atoms with Gasteiger partial charge in [-0.1, -0.05) is 48.0 Å². The number of aryl methyl sites for hydroxylation is 1. The van der Waals surface area contributed by atoms with Crippen molar-refractivity contribution in [1.82, 2.24) is 14.9 Å². The van der Waals surface area contributed by atoms with Gasteiger partial charge in [0.2, 0.25) is 17.0 Å². The number of thioether (sulfide) groups is 1. The lowest BCUT2D eigenvalue weighted by atomic mass is 10.0. The third-order valence-corrected chi connectivity index (χ3v) is 7.07. The third-order valence-electron chi connectivity index (χ3n) is 5.74. The number of halogens is 3. The van der Waals surface area contributed by atoms with E-state index < -0.39 is 35.3 Å². The number of benzene rings is 3. The predicted octanol–water partition coefficient (Wildman–Crippen LogP) is 6.85. The van der Waals surface area contributed by atoms with E-state index in [4.69, 9.17) is 27.9 Å². The molecule has 1 aromatic heterocycles. The van der Waals surface area contributed by atoms with Crippen LogP contribution in [0.4, 0.5) is 14.9 Å². The van der Waals surface area contributed by atoms with Gasteiger partial charge < -0.3 is 10.1 Å². The monoisotopic (exact) mass is 582 g/mol. The number of hydrogen-bond donors (Lipinski definition) is 1. The Morgan fingerprint density at radius 3 is 2.77 bits per heavy atom. The Kier molecular flexibility index (Phi) is 7.51. The number of carbonyl (C=O) groups is 3. The van der Waals surface area contributed by atoms with Crippen molar-refractivity contribution in [2.75, 3.05) is 11.9 Å². The molecule has 1 aliphatic heterocycles. The van der Waals surface area contributed by atoms with Gasteiger partial charge in [-0.3, -0.25) is 19.3 Å². The van der Waals surface area contributed by atoms with Crippen LogP contribution >= 0.6 is 35.0 Å². The Hall–Kier alpha value is -3.99. The molecule has 0 saturated carbocycles. The van der Waals surface area contributed by atoms with Gasteiger partial charge in [0.05, 0.1) is 11.1 Å². The normalized spacial score (nSPS) is 14.4. The summed E-state index contributed by atoms with van der Waals surface area (Å²) in [5, 5.41) is 3.78. The standard InChI is InChI=1S/C27H17Cl2FN4O4S/c1-14-6-8-16(28)10-20(14)32-23(35)13-34-25(36)22(39-27(34)37)11-18-17-5-3-2-4-15(17)7-9-21(18)38-24-19(30)12-31-26(29)33-24/h2-12H,13H2,1H3,(H,32,35)/b22-11+. The first-order valence-corrected chi connectivity index (χ1v) is 13.0. The topological polar surface area (TPSA) is 101 Å². The summed E-state index contributed by atoms with van der Waals surface area (Å²) in [7, 11) is 0. The summed E-state index contributed by atoms with van der Waals surface area (Å²) in [5.41, 5.74) is 1.66. The van der Waals surface area contributed by atoms with Crippen molar-refractivity contribution in [3.05, 3.63) is 92.9 Å². The van der Waals surface area contributed by atoms with Crippen LogP contribution in [0.5, 0.6) is 11.6 Å². The molecular formula is C27H17Cl2FN4O4S. The molecule has 2 heterocycles. The largest absolute Gasteiger partial charge is 0.436 e. The zero-order valence-electron chi connectivity index (χ0n) is 20.1. The first-order valence-electron chi connectivity index (χ1n) is 11.4. The number of nitrogens with one attached hydrogen (secondary N) is 1. The van der Waals surface area contributed by atoms with Gasteiger partial charge >= 0.3 is 0 Å². The molecule has 4 aromatic rings. The lowest BCUT2D eigenvalue weighted by Crippen LogP contribution is -2.36. The number of nitrogens with zero attached hydrogens (tertiary/aromatic N) is 3. The molecule has 1 saturated heterocycles. The third kappa shape index (κ3) is 5.73. The van der Waals surface area contributed by atoms with E-state index in [0.717, 1.165) is 22.0 Å². The molecule has 1 fully saturated rings. The van der Waals surface area contributed by atoms with Crippen LogP contribution in [0.25, 0.3) is 16.8 Å². The quantitative estimate of drug-likeness (QED) is 0.196. The van der Waals surface area contributed by atoms with Gasteiger partial charge in [0, 0.05) is 16.3 Å². The Morgan fingerprint density at radius 2 is 1.95 bits per heavy atom. The number of ether oxygens (including phenoxy) is 1. The first-order chi connectivity index (χ1) is 18.7. The van der Waals surface area contributed by atoms with Crippen molar-refractivity contribution in [2.45, 2.75) is 6.92 Å². The van der Waals surface area contributed by atoms with E-state index in [0.29, 0.717) is 33.4 Å². The fourth-order valence-electron chi connectivity index (χ4n) is 3.85. The van der Waals surface area contributed by atoms with Gasteiger partial charge in [-0.25, -0.2) is 4.98 Å². The second kappa shape index (κ2) is 11.0. The van der Waals surface area contributed by atoms with Crippen molar-refractivity contribution >= 4 is 74.6 Å². The van der Waals surface area contributed by atoms with E-state index in [2.05, 4.69) is 15.3 Å². The van der Waals surface area contributed by atoms with Crippen molar-refractivity contribution in [2.24, 2.45) is 0 Å². The minimum atomic E-state index is -0.834. The van der Waals surface area contributed by atoms with E-state index in [-0.39, 0.29) is 15.9 Å². The maximum atomic E-state index is 14.3. The number of imide groups is 1. The lowest BCUT2D eigenvalue weighted by Gasteiger charge is -2.14. The molecule has 8 nitrogen and oxygen atoms in total. The fourth-order valence-corrected chi connectivity index (χ4v) is 4.97. The number of carbonyl (C=O) groups excluding carboxylic acids is 3. The highest BCUT2D eigenvalue weighted by molar-refractivity contribution is 8.18. The summed E-state index contributed by atoms with van der Waals surface area (Å²) in [6.45, 7) is 1.30. The van der Waals surface area contributed by atoms with Gasteiger partial charge in [-0.05, 0) is 70.9 Å². The number of rotatable bonds is 6. The van der Waals surface area contributed by atoms with Crippen LogP contribution in [-0.4, -0.2) is 38.5 Å². The highest BCUT2D eigenvalue weighted by Crippen LogP contribution is 2.38. The second-order valence-electron chi connectivity index (χ2n) is 8.37. The molecule has 0 radical (unpaired) electrons. The zero-order chi connectivity index (χ0) is 27.7. The molecule has 1 aliphatic rings. The van der Waals surface area contributed by atoms with Crippen LogP contribution in [0, 0.1) is 12.7 Å². The van der Waals surface area contributed by atoms with Crippen LogP contribution in [0.2, 0.25) is 10.3 Å². The number of amides is 3. The molecular weight excluding hydrogens is 566 g/mol. The summed E-state index contributed by atoms with van der Waals surface area (Å²) >= 11 is 12.5. The molecule has 1 N–H and O–H groups in total. The molecule has 39 heavy (non-hydrogen) atoms. The molecule has 12 heteroatoms. The van der Waals surface area contributed by atoms with Crippen LogP contribution in [0.15, 0.2) is 65.7 Å². The van der Waals surface area contributed by atoms with E-state index in [1.807, 2.05) is 12.1 Å². The van der Waals surface area contributed by atoms with Crippen LogP contribution in [0.1, 0.15) is 11.1 Å². The second-order valence-corrected chi connectivity index (χ2v) is 10.1. The molecule has 3 amide bonds. The van der Waals surface area contributed by atoms with Gasteiger partial charge in [-0.2, -0.15) is 9.37 Å². The highest BCUT2D eigenvalue weighted by atomic mass is 35.5. The average molecular weight is 583 g/mol. The maximum absolute atomic E-state index is 14.3. The smallest absolute Gasteiger partial charge is 0.294 e. The van der Waals surface area contributed by atoms with Crippen molar-refractivity contribution in [3.63, 3.8) is 0 Å². The molecule has 3 aromatic carbocycles. The lowest BCUT2D eigenvalue weighted by molar-refractivity contribution is -0.127. The average Bonchev–Trinajstić information content (AvgIpc) is 3.16. The highest BCUT2D eigenvalue weighted by Gasteiger charge is 2.36. The Balaban J connectivity index is 1.45. The van der Waals surface area contributed by atoms with Gasteiger partial charge in [-0.15, -0.1) is 0 Å². The minimum absolute atomic E-state index is 0.0640. The number of aromatic nitrogens is 2. The summed E-state index contributed by atoms with van der Waals surface area (Å²) in [6, 6.07) is 15.6. The molecule has 0 unspecified atom stereocenters. The van der Waals surface area contributed by atoms with Crippen LogP contribution in [0.3, 0.4) is 0 Å². The SMILES string of the molecule is Cc1ccc(Cl)cc1NC(=O)CN1C(=O)S/C(=C/c2c(Oc3nc(Cl)ncc3F)ccc3ccccc23)C1=O. The van der Waals surface area contributed by atoms with E-state index in [9.17, 15) is 18.8 Å². The predicted molar refractivity (Wildman–Crippen MR) is 149 cm³/mol. The maximum Gasteiger partial charge on any atom is 0.294 e. The fraction of sp³-hybridized carbons (Fsp3) is 0.0741. The van der Waals surface area contributed by atoms with Crippen molar-refractivity contribution < 1.29 is 23.5 Å². The summed E-state index contributed by atoms with van der Waals surface area (Å²) in [4.78, 5) is 46.9. The molecule has 196 valence electrons. The number of anilines is 1. The van der Waals surface area contributed by atoms with E-state index >= 15 is 0 Å². The van der Waals surface area contributed by atoms with Crippen molar-refractivity contribution in [1.29, 1.82) is 0 Å². The molecule has 0 spiro atoms. The zero-order valence-corrected chi connectivity index (χ0v) is 22.4. The van der Waals surface area contributed by atoms with Crippen LogP contribution < -0.4 is 10.1 Å². The Bertz CT molecular complexity index is 1700. The number of fused-ring (bicyclic) bond motifs is 1. The summed E-state index contributed by atoms with van der Waals surface area (Å²) in [6.07, 6.45) is 2.36. The molecule has 5 rings (SSSR count). The minimum Gasteiger partial charge on any atom is -0.436 e. The van der Waals surface area contributed by atoms with E-state index in [1.165, 1.54) is 6.08 Å². The first kappa shape index (κ1) is 26.6. The van der Waals surface area contributed by atoms with Crippen LogP contribution in [-0.2, 0) is 9.59 Å². The van der Waals surface area contributed by atoms with Crippen molar-refractivity contribution in [3.8, 4) is 11.6 Å². The van der Waals surface area contributed by atoms with Gasteiger partial charge in [0.15, 0.2) is 0 Å². The molecule has 0 aliphatic carbocycles.